The van der Waals surface area contributed by atoms with Gasteiger partial charge in [0.05, 0.1) is 24.4 Å². The van der Waals surface area contributed by atoms with Crippen LogP contribution < -0.4 is 9.47 Å². The highest BCUT2D eigenvalue weighted by atomic mass is 16.5. The molecule has 30 heavy (non-hydrogen) atoms. The van der Waals surface area contributed by atoms with Crippen LogP contribution >= 0.6 is 0 Å². The molecule has 0 unspecified atom stereocenters. The molecule has 1 saturated heterocycles. The van der Waals surface area contributed by atoms with Gasteiger partial charge in [0.1, 0.15) is 0 Å². The fourth-order valence-corrected chi connectivity index (χ4v) is 4.14. The quantitative estimate of drug-likeness (QED) is 0.640. The Balaban J connectivity index is 1.49. The Morgan fingerprint density at radius 3 is 2.50 bits per heavy atom. The van der Waals surface area contributed by atoms with Gasteiger partial charge in [0.2, 0.25) is 5.88 Å². The van der Waals surface area contributed by atoms with E-state index in [4.69, 9.17) is 9.47 Å². The van der Waals surface area contributed by atoms with Gasteiger partial charge in [-0.15, -0.1) is 0 Å². The molecule has 6 heteroatoms. The van der Waals surface area contributed by atoms with Crippen LogP contribution in [0.2, 0.25) is 0 Å². The van der Waals surface area contributed by atoms with E-state index < -0.39 is 5.60 Å². The Kier molecular flexibility index (Phi) is 6.16. The van der Waals surface area contributed by atoms with Crippen molar-refractivity contribution in [2.45, 2.75) is 38.8 Å². The Labute approximate surface area is 177 Å². The van der Waals surface area contributed by atoms with Gasteiger partial charge in [-0.1, -0.05) is 42.5 Å². The zero-order valence-corrected chi connectivity index (χ0v) is 17.7. The second-order valence-electron chi connectivity index (χ2n) is 7.68. The smallest absolute Gasteiger partial charge is 0.319 e. The number of ether oxygens (including phenoxy) is 2. The van der Waals surface area contributed by atoms with Crippen molar-refractivity contribution in [2.75, 3.05) is 26.3 Å². The molecule has 2 aromatic carbocycles. The third kappa shape index (κ3) is 4.25. The van der Waals surface area contributed by atoms with Gasteiger partial charge >= 0.3 is 6.01 Å². The molecule has 2 heterocycles. The maximum absolute atomic E-state index is 11.4. The first-order valence-electron chi connectivity index (χ1n) is 10.7. The normalized spacial score (nSPS) is 16.5. The van der Waals surface area contributed by atoms with Crippen molar-refractivity contribution in [1.29, 1.82) is 0 Å². The minimum atomic E-state index is -0.996. The summed E-state index contributed by atoms with van der Waals surface area (Å²) in [5.41, 5.74) is 0.973. The SMILES string of the molecule is CCOc1ncc(C2(O)CCN(Cc3cccc4ccccc34)CC2)c(OCC)n1. The van der Waals surface area contributed by atoms with E-state index in [0.29, 0.717) is 37.5 Å². The molecule has 0 atom stereocenters. The van der Waals surface area contributed by atoms with Gasteiger partial charge in [-0.05, 0) is 43.0 Å². The Bertz CT molecular complexity index is 995. The molecule has 0 radical (unpaired) electrons. The van der Waals surface area contributed by atoms with Crippen LogP contribution in [0, 0.1) is 0 Å². The number of aromatic nitrogens is 2. The molecule has 1 N–H and O–H groups in total. The van der Waals surface area contributed by atoms with Crippen LogP contribution in [0.4, 0.5) is 0 Å². The maximum Gasteiger partial charge on any atom is 0.319 e. The maximum atomic E-state index is 11.4. The van der Waals surface area contributed by atoms with Crippen LogP contribution in [-0.2, 0) is 12.1 Å². The van der Waals surface area contributed by atoms with Crippen molar-refractivity contribution in [3.63, 3.8) is 0 Å². The van der Waals surface area contributed by atoms with Gasteiger partial charge in [0.15, 0.2) is 0 Å². The van der Waals surface area contributed by atoms with Crippen molar-refractivity contribution < 1.29 is 14.6 Å². The van der Waals surface area contributed by atoms with Gasteiger partial charge in [0, 0.05) is 25.8 Å². The number of piperidine rings is 1. The average molecular weight is 408 g/mol. The van der Waals surface area contributed by atoms with Crippen LogP contribution in [0.5, 0.6) is 11.9 Å². The van der Waals surface area contributed by atoms with E-state index in [1.165, 1.54) is 16.3 Å². The van der Waals surface area contributed by atoms with Crippen LogP contribution in [0.1, 0.15) is 37.8 Å². The number of aliphatic hydroxyl groups is 1. The highest BCUT2D eigenvalue weighted by Crippen LogP contribution is 2.38. The van der Waals surface area contributed by atoms with Gasteiger partial charge in [0.25, 0.3) is 0 Å². The lowest BCUT2D eigenvalue weighted by molar-refractivity contribution is -0.0302. The molecule has 0 spiro atoms. The van der Waals surface area contributed by atoms with E-state index in [0.717, 1.165) is 19.6 Å². The predicted molar refractivity (Wildman–Crippen MR) is 117 cm³/mol. The molecule has 0 bridgehead atoms. The summed E-state index contributed by atoms with van der Waals surface area (Å²) in [4.78, 5) is 11.0. The minimum Gasteiger partial charge on any atom is -0.478 e. The van der Waals surface area contributed by atoms with Gasteiger partial charge < -0.3 is 14.6 Å². The summed E-state index contributed by atoms with van der Waals surface area (Å²) in [7, 11) is 0. The predicted octanol–water partition coefficient (Wildman–Crippen LogP) is 3.91. The average Bonchev–Trinajstić information content (AvgIpc) is 2.76. The van der Waals surface area contributed by atoms with E-state index in [2.05, 4.69) is 57.3 Å². The van der Waals surface area contributed by atoms with E-state index in [9.17, 15) is 5.11 Å². The number of fused-ring (bicyclic) bond motifs is 1. The molecule has 6 nitrogen and oxygen atoms in total. The fraction of sp³-hybridized carbons (Fsp3) is 0.417. The van der Waals surface area contributed by atoms with E-state index in [1.807, 2.05) is 13.8 Å². The topological polar surface area (TPSA) is 67.7 Å². The summed E-state index contributed by atoms with van der Waals surface area (Å²) in [6.45, 7) is 7.20. The molecule has 0 aliphatic carbocycles. The zero-order chi connectivity index (χ0) is 21.0. The molecular weight excluding hydrogens is 378 g/mol. The molecule has 0 saturated carbocycles. The Morgan fingerprint density at radius 1 is 1.00 bits per heavy atom. The van der Waals surface area contributed by atoms with Crippen LogP contribution in [0.3, 0.4) is 0 Å². The second-order valence-corrected chi connectivity index (χ2v) is 7.68. The van der Waals surface area contributed by atoms with Crippen LogP contribution in [-0.4, -0.2) is 46.3 Å². The molecule has 4 rings (SSSR count). The number of hydrogen-bond donors (Lipinski definition) is 1. The molecular formula is C24H29N3O3. The highest BCUT2D eigenvalue weighted by Gasteiger charge is 2.37. The fourth-order valence-electron chi connectivity index (χ4n) is 4.14. The third-order valence-corrected chi connectivity index (χ3v) is 5.74. The van der Waals surface area contributed by atoms with Crippen molar-refractivity contribution in [1.82, 2.24) is 14.9 Å². The lowest BCUT2D eigenvalue weighted by Crippen LogP contribution is -2.42. The third-order valence-electron chi connectivity index (χ3n) is 5.74. The number of likely N-dealkylation sites (tertiary alicyclic amines) is 1. The Hall–Kier alpha value is -2.70. The first-order chi connectivity index (χ1) is 14.6. The molecule has 3 aromatic rings. The molecule has 0 amide bonds. The van der Waals surface area contributed by atoms with E-state index >= 15 is 0 Å². The largest absolute Gasteiger partial charge is 0.478 e. The summed E-state index contributed by atoms with van der Waals surface area (Å²) < 4.78 is 11.1. The van der Waals surface area contributed by atoms with Crippen molar-refractivity contribution in [3.05, 3.63) is 59.8 Å². The van der Waals surface area contributed by atoms with Gasteiger partial charge in [-0.25, -0.2) is 4.98 Å². The first kappa shape index (κ1) is 20.6. The van der Waals surface area contributed by atoms with Crippen molar-refractivity contribution in [3.8, 4) is 11.9 Å². The number of hydrogen-bond acceptors (Lipinski definition) is 6. The lowest BCUT2D eigenvalue weighted by atomic mass is 9.85. The zero-order valence-electron chi connectivity index (χ0n) is 17.7. The molecule has 1 aliphatic heterocycles. The first-order valence-corrected chi connectivity index (χ1v) is 10.7. The summed E-state index contributed by atoms with van der Waals surface area (Å²) in [6, 6.07) is 15.2. The van der Waals surface area contributed by atoms with Crippen molar-refractivity contribution >= 4 is 10.8 Å². The lowest BCUT2D eigenvalue weighted by Gasteiger charge is -2.38. The monoisotopic (exact) mass is 407 g/mol. The highest BCUT2D eigenvalue weighted by molar-refractivity contribution is 5.85. The van der Waals surface area contributed by atoms with Gasteiger partial charge in [-0.3, -0.25) is 4.90 Å². The number of rotatable bonds is 7. The number of benzene rings is 2. The summed E-state index contributed by atoms with van der Waals surface area (Å²) in [5, 5.41) is 14.0. The second kappa shape index (κ2) is 8.98. The van der Waals surface area contributed by atoms with E-state index in [-0.39, 0.29) is 6.01 Å². The standard InChI is InChI=1S/C24H29N3O3/c1-3-29-22-21(16-25-23(26-22)30-4-2)24(28)12-14-27(15-13-24)17-19-10-7-9-18-8-5-6-11-20(18)19/h5-11,16,28H,3-4,12-15,17H2,1-2H3. The summed E-state index contributed by atoms with van der Waals surface area (Å²) in [5.74, 6) is 0.418. The molecule has 1 fully saturated rings. The molecule has 1 aromatic heterocycles. The Morgan fingerprint density at radius 2 is 1.73 bits per heavy atom. The van der Waals surface area contributed by atoms with Crippen LogP contribution in [0.15, 0.2) is 48.7 Å². The van der Waals surface area contributed by atoms with Crippen LogP contribution in [0.25, 0.3) is 10.8 Å². The van der Waals surface area contributed by atoms with Gasteiger partial charge in [-0.2, -0.15) is 4.98 Å². The summed E-state index contributed by atoms with van der Waals surface area (Å²) in [6.07, 6.45) is 2.87. The van der Waals surface area contributed by atoms with E-state index in [1.54, 1.807) is 6.20 Å². The molecule has 158 valence electrons. The molecule has 1 aliphatic rings. The summed E-state index contributed by atoms with van der Waals surface area (Å²) >= 11 is 0. The number of nitrogens with zero attached hydrogens (tertiary/aromatic N) is 3. The minimum absolute atomic E-state index is 0.279. The van der Waals surface area contributed by atoms with Crippen molar-refractivity contribution in [2.24, 2.45) is 0 Å².